The van der Waals surface area contributed by atoms with E-state index in [0.29, 0.717) is 0 Å². The lowest BCUT2D eigenvalue weighted by atomic mass is 10.0. The Hall–Kier alpha value is -0.910. The van der Waals surface area contributed by atoms with Gasteiger partial charge < -0.3 is 0 Å². The molecule has 0 bridgehead atoms. The second-order valence-electron chi connectivity index (χ2n) is 5.87. The fourth-order valence-electron chi connectivity index (χ4n) is 2.46. The third kappa shape index (κ3) is 21.1. The summed E-state index contributed by atoms with van der Waals surface area (Å²) >= 11 is 0. The zero-order valence-electron chi connectivity index (χ0n) is 14.3. The minimum absolute atomic E-state index is 1.26. The molecular formula is C18H32O4S. The summed E-state index contributed by atoms with van der Waals surface area (Å²) in [4.78, 5) is 0. The molecule has 0 aliphatic rings. The molecule has 2 N–H and O–H groups in total. The average molecular weight is 345 g/mol. The van der Waals surface area contributed by atoms with E-state index in [1.54, 1.807) is 0 Å². The number of hydrogen-bond acceptors (Lipinski definition) is 2. The monoisotopic (exact) mass is 344 g/mol. The maximum atomic E-state index is 8.74. The molecule has 1 aromatic carbocycles. The first-order valence-electron chi connectivity index (χ1n) is 8.67. The van der Waals surface area contributed by atoms with Crippen LogP contribution >= 0.6 is 0 Å². The molecule has 0 aliphatic heterocycles. The Morgan fingerprint density at radius 1 is 0.739 bits per heavy atom. The standard InChI is InChI=1S/C18H30.H2O4S/c1-2-3-4-5-6-7-8-9-10-12-15-18-16-13-11-14-17-18;1-5(2,3)4/h11,13-14,16-17H,2-10,12,15H2,1H3;(H2,1,2,3,4). The molecule has 0 unspecified atom stereocenters. The van der Waals surface area contributed by atoms with E-state index in [2.05, 4.69) is 37.3 Å². The van der Waals surface area contributed by atoms with Crippen molar-refractivity contribution in [2.75, 3.05) is 0 Å². The van der Waals surface area contributed by atoms with Gasteiger partial charge in [-0.15, -0.1) is 0 Å². The van der Waals surface area contributed by atoms with Crippen LogP contribution in [-0.4, -0.2) is 17.5 Å². The molecule has 0 spiro atoms. The van der Waals surface area contributed by atoms with Gasteiger partial charge in [0.2, 0.25) is 0 Å². The molecule has 4 nitrogen and oxygen atoms in total. The molecule has 0 amide bonds. The minimum atomic E-state index is -4.67. The van der Waals surface area contributed by atoms with Gasteiger partial charge in [0.15, 0.2) is 0 Å². The van der Waals surface area contributed by atoms with Crippen LogP contribution in [0, 0.1) is 0 Å². The quantitative estimate of drug-likeness (QED) is 0.411. The Kier molecular flexibility index (Phi) is 14.1. The van der Waals surface area contributed by atoms with Crippen LogP contribution in [0.25, 0.3) is 0 Å². The van der Waals surface area contributed by atoms with Crippen LogP contribution in [-0.2, 0) is 16.8 Å². The lowest BCUT2D eigenvalue weighted by Gasteiger charge is -2.03. The highest BCUT2D eigenvalue weighted by molar-refractivity contribution is 7.79. The Bertz CT molecular complexity index is 449. The van der Waals surface area contributed by atoms with E-state index >= 15 is 0 Å². The minimum Gasteiger partial charge on any atom is -0.264 e. The maximum absolute atomic E-state index is 8.74. The van der Waals surface area contributed by atoms with Crippen molar-refractivity contribution in [2.24, 2.45) is 0 Å². The fraction of sp³-hybridized carbons (Fsp3) is 0.667. The maximum Gasteiger partial charge on any atom is 0.394 e. The third-order valence-electron chi connectivity index (χ3n) is 3.66. The van der Waals surface area contributed by atoms with Gasteiger partial charge >= 0.3 is 10.4 Å². The van der Waals surface area contributed by atoms with Crippen LogP contribution in [0.1, 0.15) is 76.7 Å². The van der Waals surface area contributed by atoms with Crippen LogP contribution in [0.4, 0.5) is 0 Å². The predicted octanol–water partition coefficient (Wildman–Crippen LogP) is 5.50. The number of hydrogen-bond donors (Lipinski definition) is 2. The molecule has 0 saturated heterocycles. The van der Waals surface area contributed by atoms with Gasteiger partial charge in [-0.25, -0.2) is 0 Å². The molecule has 0 atom stereocenters. The number of benzene rings is 1. The molecular weight excluding hydrogens is 312 g/mol. The first kappa shape index (κ1) is 22.1. The summed E-state index contributed by atoms with van der Waals surface area (Å²) in [5.74, 6) is 0. The van der Waals surface area contributed by atoms with E-state index in [0.717, 1.165) is 0 Å². The molecule has 1 rings (SSSR count). The first-order chi connectivity index (χ1) is 10.9. The Labute approximate surface area is 141 Å². The lowest BCUT2D eigenvalue weighted by molar-refractivity contribution is 0.381. The van der Waals surface area contributed by atoms with Gasteiger partial charge in [-0.3, -0.25) is 9.11 Å². The highest BCUT2D eigenvalue weighted by Gasteiger charge is 1.94. The van der Waals surface area contributed by atoms with Crippen LogP contribution in [0.5, 0.6) is 0 Å². The molecule has 0 heterocycles. The van der Waals surface area contributed by atoms with Crippen LogP contribution in [0.15, 0.2) is 30.3 Å². The summed E-state index contributed by atoms with van der Waals surface area (Å²) in [6, 6.07) is 10.9. The van der Waals surface area contributed by atoms with E-state index in [-0.39, 0.29) is 0 Å². The van der Waals surface area contributed by atoms with Gasteiger partial charge in [0.05, 0.1) is 0 Å². The molecule has 0 aromatic heterocycles. The largest absolute Gasteiger partial charge is 0.394 e. The van der Waals surface area contributed by atoms with Crippen molar-refractivity contribution in [1.29, 1.82) is 0 Å². The average Bonchev–Trinajstić information content (AvgIpc) is 2.48. The smallest absolute Gasteiger partial charge is 0.264 e. The van der Waals surface area contributed by atoms with Gasteiger partial charge in [0.1, 0.15) is 0 Å². The molecule has 5 heteroatoms. The molecule has 0 radical (unpaired) electrons. The highest BCUT2D eigenvalue weighted by Crippen LogP contribution is 2.12. The molecule has 23 heavy (non-hydrogen) atoms. The lowest BCUT2D eigenvalue weighted by Crippen LogP contribution is -1.89. The van der Waals surface area contributed by atoms with Crippen molar-refractivity contribution in [3.05, 3.63) is 35.9 Å². The Balaban J connectivity index is 0.000000841. The van der Waals surface area contributed by atoms with E-state index in [1.807, 2.05) is 0 Å². The Morgan fingerprint density at radius 3 is 1.57 bits per heavy atom. The molecule has 0 fully saturated rings. The summed E-state index contributed by atoms with van der Waals surface area (Å²) in [5.41, 5.74) is 1.50. The number of unbranched alkanes of at least 4 members (excludes halogenated alkanes) is 9. The van der Waals surface area contributed by atoms with Crippen molar-refractivity contribution in [3.63, 3.8) is 0 Å². The summed E-state index contributed by atoms with van der Waals surface area (Å²) in [6.07, 6.45) is 15.5. The molecule has 0 saturated carbocycles. The topological polar surface area (TPSA) is 74.6 Å². The van der Waals surface area contributed by atoms with Crippen LogP contribution in [0.3, 0.4) is 0 Å². The second kappa shape index (κ2) is 14.7. The second-order valence-corrected chi connectivity index (χ2v) is 6.76. The summed E-state index contributed by atoms with van der Waals surface area (Å²) in [5, 5.41) is 0. The number of rotatable bonds is 11. The van der Waals surface area contributed by atoms with E-state index in [9.17, 15) is 0 Å². The highest BCUT2D eigenvalue weighted by atomic mass is 32.3. The van der Waals surface area contributed by atoms with Crippen LogP contribution < -0.4 is 0 Å². The van der Waals surface area contributed by atoms with E-state index < -0.39 is 10.4 Å². The Morgan fingerprint density at radius 2 is 1.13 bits per heavy atom. The van der Waals surface area contributed by atoms with Crippen LogP contribution in [0.2, 0.25) is 0 Å². The van der Waals surface area contributed by atoms with Gasteiger partial charge in [-0.1, -0.05) is 95.0 Å². The zero-order valence-corrected chi connectivity index (χ0v) is 15.1. The SMILES string of the molecule is CCCCCCCCCCCCc1ccccc1.O=S(=O)(O)O. The molecule has 134 valence electrons. The first-order valence-corrected chi connectivity index (χ1v) is 10.1. The van der Waals surface area contributed by atoms with Crippen molar-refractivity contribution in [3.8, 4) is 0 Å². The van der Waals surface area contributed by atoms with E-state index in [1.165, 1.54) is 76.2 Å². The van der Waals surface area contributed by atoms with Crippen molar-refractivity contribution in [2.45, 2.75) is 77.6 Å². The summed E-state index contributed by atoms with van der Waals surface area (Å²) in [7, 11) is -4.67. The van der Waals surface area contributed by atoms with Gasteiger partial charge in [0.25, 0.3) is 0 Å². The fourth-order valence-corrected chi connectivity index (χ4v) is 2.46. The van der Waals surface area contributed by atoms with Gasteiger partial charge in [0, 0.05) is 0 Å². The van der Waals surface area contributed by atoms with Gasteiger partial charge in [-0.2, -0.15) is 8.42 Å². The summed E-state index contributed by atoms with van der Waals surface area (Å²) < 4.78 is 31.6. The number of aryl methyl sites for hydroxylation is 1. The van der Waals surface area contributed by atoms with Crippen molar-refractivity contribution in [1.82, 2.24) is 0 Å². The van der Waals surface area contributed by atoms with E-state index in [4.69, 9.17) is 17.5 Å². The summed E-state index contributed by atoms with van der Waals surface area (Å²) in [6.45, 7) is 2.28. The van der Waals surface area contributed by atoms with Gasteiger partial charge in [-0.05, 0) is 18.4 Å². The molecule has 0 aliphatic carbocycles. The zero-order chi connectivity index (χ0) is 17.4. The van der Waals surface area contributed by atoms with Crippen molar-refractivity contribution < 1.29 is 17.5 Å². The normalized spacial score (nSPS) is 10.9. The predicted molar refractivity (Wildman–Crippen MR) is 96.2 cm³/mol. The molecule has 1 aromatic rings. The third-order valence-corrected chi connectivity index (χ3v) is 3.66. The van der Waals surface area contributed by atoms with Crippen molar-refractivity contribution >= 4 is 10.4 Å².